The molecule has 0 saturated carbocycles. The Bertz CT molecular complexity index is 860. The standard InChI is InChI=1S/C15H18ClN3O3S/c1-9(2)13-7-19(8-14(20)17-13)23(21,22)15-6-10-5-11(16)3-4-12(10)18-15/h3-6,9,13,18H,7-8H2,1-2H3,(H,17,20). The quantitative estimate of drug-likeness (QED) is 0.883. The Kier molecular flexibility index (Phi) is 4.12. The molecule has 1 aliphatic rings. The van der Waals surface area contributed by atoms with Crippen molar-refractivity contribution in [2.75, 3.05) is 13.1 Å². The van der Waals surface area contributed by atoms with E-state index in [1.54, 1.807) is 24.3 Å². The van der Waals surface area contributed by atoms with E-state index in [0.717, 1.165) is 5.39 Å². The van der Waals surface area contributed by atoms with Crippen LogP contribution in [0.4, 0.5) is 0 Å². The summed E-state index contributed by atoms with van der Waals surface area (Å²) < 4.78 is 26.9. The molecule has 1 atom stereocenters. The molecule has 0 bridgehead atoms. The van der Waals surface area contributed by atoms with Crippen LogP contribution in [0.2, 0.25) is 5.02 Å². The number of piperazine rings is 1. The van der Waals surface area contributed by atoms with Crippen molar-refractivity contribution < 1.29 is 13.2 Å². The van der Waals surface area contributed by atoms with Crippen molar-refractivity contribution in [1.82, 2.24) is 14.6 Å². The summed E-state index contributed by atoms with van der Waals surface area (Å²) in [5, 5.41) is 4.17. The van der Waals surface area contributed by atoms with E-state index in [9.17, 15) is 13.2 Å². The number of carbonyl (C=O) groups excluding carboxylic acids is 1. The second-order valence-corrected chi connectivity index (χ2v) is 8.42. The summed E-state index contributed by atoms with van der Waals surface area (Å²) >= 11 is 5.94. The average Bonchev–Trinajstić information content (AvgIpc) is 2.90. The van der Waals surface area contributed by atoms with E-state index < -0.39 is 10.0 Å². The number of amides is 1. The molecule has 1 unspecified atom stereocenters. The van der Waals surface area contributed by atoms with Crippen LogP contribution in [-0.4, -0.2) is 42.7 Å². The number of nitrogens with one attached hydrogen (secondary N) is 2. The second-order valence-electron chi connectivity index (χ2n) is 6.08. The molecule has 1 amide bonds. The zero-order valence-corrected chi connectivity index (χ0v) is 14.4. The first-order chi connectivity index (χ1) is 10.8. The van der Waals surface area contributed by atoms with Gasteiger partial charge in [-0.15, -0.1) is 0 Å². The number of H-pyrrole nitrogens is 1. The van der Waals surface area contributed by atoms with Gasteiger partial charge in [0, 0.05) is 28.5 Å². The van der Waals surface area contributed by atoms with Crippen molar-refractivity contribution in [2.45, 2.75) is 24.9 Å². The molecule has 23 heavy (non-hydrogen) atoms. The molecule has 2 aromatic rings. The van der Waals surface area contributed by atoms with E-state index in [0.29, 0.717) is 10.5 Å². The third-order valence-corrected chi connectivity index (χ3v) is 6.02. The topological polar surface area (TPSA) is 82.3 Å². The van der Waals surface area contributed by atoms with E-state index in [1.165, 1.54) is 4.31 Å². The van der Waals surface area contributed by atoms with Gasteiger partial charge in [0.25, 0.3) is 10.0 Å². The molecule has 1 saturated heterocycles. The molecule has 3 rings (SSSR count). The number of fused-ring (bicyclic) bond motifs is 1. The van der Waals surface area contributed by atoms with Crippen molar-refractivity contribution in [2.24, 2.45) is 5.92 Å². The number of rotatable bonds is 3. The van der Waals surface area contributed by atoms with Gasteiger partial charge in [-0.3, -0.25) is 4.79 Å². The first kappa shape index (κ1) is 16.3. The summed E-state index contributed by atoms with van der Waals surface area (Å²) in [6.45, 7) is 4.00. The maximum atomic E-state index is 12.8. The Morgan fingerprint density at radius 2 is 2.04 bits per heavy atom. The largest absolute Gasteiger partial charge is 0.351 e. The van der Waals surface area contributed by atoms with Gasteiger partial charge in [-0.2, -0.15) is 4.31 Å². The van der Waals surface area contributed by atoms with Gasteiger partial charge >= 0.3 is 0 Å². The van der Waals surface area contributed by atoms with Crippen LogP contribution in [0, 0.1) is 5.92 Å². The predicted molar refractivity (Wildman–Crippen MR) is 88.8 cm³/mol. The van der Waals surface area contributed by atoms with Gasteiger partial charge in [-0.1, -0.05) is 25.4 Å². The van der Waals surface area contributed by atoms with Crippen molar-refractivity contribution in [3.63, 3.8) is 0 Å². The maximum absolute atomic E-state index is 12.8. The summed E-state index contributed by atoms with van der Waals surface area (Å²) in [6.07, 6.45) is 0. The van der Waals surface area contributed by atoms with Gasteiger partial charge in [-0.05, 0) is 30.2 Å². The van der Waals surface area contributed by atoms with Gasteiger partial charge in [-0.25, -0.2) is 8.42 Å². The Morgan fingerprint density at radius 3 is 2.74 bits per heavy atom. The van der Waals surface area contributed by atoms with E-state index >= 15 is 0 Å². The molecule has 0 radical (unpaired) electrons. The van der Waals surface area contributed by atoms with Gasteiger partial charge in [0.15, 0.2) is 0 Å². The molecule has 0 aliphatic carbocycles. The minimum Gasteiger partial charge on any atom is -0.351 e. The average molecular weight is 356 g/mol. The lowest BCUT2D eigenvalue weighted by atomic mass is 10.0. The van der Waals surface area contributed by atoms with Crippen LogP contribution in [0.15, 0.2) is 29.3 Å². The van der Waals surface area contributed by atoms with Crippen LogP contribution in [-0.2, 0) is 14.8 Å². The van der Waals surface area contributed by atoms with E-state index in [4.69, 9.17) is 11.6 Å². The molecule has 0 spiro atoms. The number of hydrogen-bond acceptors (Lipinski definition) is 3. The Balaban J connectivity index is 1.97. The first-order valence-electron chi connectivity index (χ1n) is 7.35. The third-order valence-electron chi connectivity index (χ3n) is 4.05. The highest BCUT2D eigenvalue weighted by molar-refractivity contribution is 7.89. The van der Waals surface area contributed by atoms with Crippen LogP contribution in [0.3, 0.4) is 0 Å². The van der Waals surface area contributed by atoms with Gasteiger partial charge in [0.05, 0.1) is 6.54 Å². The highest BCUT2D eigenvalue weighted by atomic mass is 35.5. The van der Waals surface area contributed by atoms with Crippen molar-refractivity contribution >= 4 is 38.4 Å². The molecule has 1 aliphatic heterocycles. The zero-order valence-electron chi connectivity index (χ0n) is 12.8. The molecule has 1 fully saturated rings. The van der Waals surface area contributed by atoms with Gasteiger partial charge in [0.1, 0.15) is 5.03 Å². The number of sulfonamides is 1. The minimum absolute atomic E-state index is 0.0759. The summed E-state index contributed by atoms with van der Waals surface area (Å²) in [5.74, 6) is -0.129. The fourth-order valence-corrected chi connectivity index (χ4v) is 4.28. The highest BCUT2D eigenvalue weighted by Gasteiger charge is 2.35. The van der Waals surface area contributed by atoms with Crippen molar-refractivity contribution in [3.8, 4) is 0 Å². The lowest BCUT2D eigenvalue weighted by Crippen LogP contribution is -2.57. The summed E-state index contributed by atoms with van der Waals surface area (Å²) in [7, 11) is -3.76. The molecular formula is C15H18ClN3O3S. The number of benzene rings is 1. The van der Waals surface area contributed by atoms with Crippen LogP contribution in [0.1, 0.15) is 13.8 Å². The third kappa shape index (κ3) is 3.08. The van der Waals surface area contributed by atoms with E-state index in [1.807, 2.05) is 13.8 Å². The number of halogens is 1. The fourth-order valence-electron chi connectivity index (χ4n) is 2.66. The number of hydrogen-bond donors (Lipinski definition) is 2. The highest BCUT2D eigenvalue weighted by Crippen LogP contribution is 2.25. The summed E-state index contributed by atoms with van der Waals surface area (Å²) in [6, 6.07) is 6.49. The van der Waals surface area contributed by atoms with Gasteiger partial charge in [0.2, 0.25) is 5.91 Å². The number of aromatic amines is 1. The van der Waals surface area contributed by atoms with Crippen LogP contribution in [0.25, 0.3) is 10.9 Å². The molecule has 8 heteroatoms. The minimum atomic E-state index is -3.76. The fraction of sp³-hybridized carbons (Fsp3) is 0.400. The van der Waals surface area contributed by atoms with Crippen LogP contribution >= 0.6 is 11.6 Å². The Morgan fingerprint density at radius 1 is 1.30 bits per heavy atom. The molecule has 2 N–H and O–H groups in total. The lowest BCUT2D eigenvalue weighted by molar-refractivity contribution is -0.124. The number of carbonyl (C=O) groups is 1. The summed E-state index contributed by atoms with van der Waals surface area (Å²) in [5.41, 5.74) is 0.690. The number of aromatic nitrogens is 1. The maximum Gasteiger partial charge on any atom is 0.259 e. The second kappa shape index (κ2) is 5.81. The Labute approximate surface area is 139 Å². The predicted octanol–water partition coefficient (Wildman–Crippen LogP) is 1.97. The normalized spacial score (nSPS) is 20.2. The first-order valence-corrected chi connectivity index (χ1v) is 9.17. The SMILES string of the molecule is CC(C)C1CN(S(=O)(=O)c2cc3cc(Cl)ccc3[nH]2)CC(=O)N1. The van der Waals surface area contributed by atoms with Crippen LogP contribution < -0.4 is 5.32 Å². The van der Waals surface area contributed by atoms with E-state index in [-0.39, 0.29) is 36.0 Å². The number of nitrogens with zero attached hydrogens (tertiary/aromatic N) is 1. The molecule has 124 valence electrons. The molecular weight excluding hydrogens is 338 g/mol. The van der Waals surface area contributed by atoms with Crippen molar-refractivity contribution in [1.29, 1.82) is 0 Å². The smallest absolute Gasteiger partial charge is 0.259 e. The summed E-state index contributed by atoms with van der Waals surface area (Å²) in [4.78, 5) is 14.7. The van der Waals surface area contributed by atoms with Crippen LogP contribution in [0.5, 0.6) is 0 Å². The zero-order chi connectivity index (χ0) is 16.8. The molecule has 1 aromatic carbocycles. The molecule has 1 aromatic heterocycles. The Hall–Kier alpha value is -1.57. The van der Waals surface area contributed by atoms with Crippen molar-refractivity contribution in [3.05, 3.63) is 29.3 Å². The molecule has 2 heterocycles. The van der Waals surface area contributed by atoms with E-state index in [2.05, 4.69) is 10.3 Å². The monoisotopic (exact) mass is 355 g/mol. The van der Waals surface area contributed by atoms with Gasteiger partial charge < -0.3 is 10.3 Å². The molecule has 6 nitrogen and oxygen atoms in total. The lowest BCUT2D eigenvalue weighted by Gasteiger charge is -2.33.